The van der Waals surface area contributed by atoms with E-state index in [1.807, 2.05) is 37.3 Å². The van der Waals surface area contributed by atoms with E-state index in [0.29, 0.717) is 17.5 Å². The lowest BCUT2D eigenvalue weighted by atomic mass is 9.97. The molecule has 1 heterocycles. The van der Waals surface area contributed by atoms with Gasteiger partial charge in [0.15, 0.2) is 0 Å². The molecule has 0 spiro atoms. The molecule has 0 atom stereocenters. The van der Waals surface area contributed by atoms with Crippen LogP contribution in [0.25, 0.3) is 11.1 Å². The first kappa shape index (κ1) is 18.5. The smallest absolute Gasteiger partial charge is 0.353 e. The largest absolute Gasteiger partial charge is 0.477 e. The quantitative estimate of drug-likeness (QED) is 0.717. The van der Waals surface area contributed by atoms with E-state index in [1.54, 1.807) is 11.6 Å². The van der Waals surface area contributed by atoms with Crippen LogP contribution in [0, 0.1) is 18.3 Å². The number of carboxylic acid groups (broad SMARTS) is 1. The van der Waals surface area contributed by atoms with E-state index in [1.165, 1.54) is 11.1 Å². The molecule has 0 fully saturated rings. The Balaban J connectivity index is 2.03. The molecular weight excluding hydrogens is 336 g/mol. The van der Waals surface area contributed by atoms with E-state index in [0.717, 1.165) is 23.2 Å². The number of nitrogens with zero attached hydrogens (tertiary/aromatic N) is 2. The molecule has 0 saturated carbocycles. The fraction of sp³-hybridized carbons (Fsp3) is 0.217. The van der Waals surface area contributed by atoms with Gasteiger partial charge in [0.05, 0.1) is 5.56 Å². The number of aromatic carboxylic acids is 1. The van der Waals surface area contributed by atoms with Gasteiger partial charge < -0.3 is 9.67 Å². The maximum Gasteiger partial charge on any atom is 0.353 e. The second-order valence-corrected chi connectivity index (χ2v) is 6.74. The van der Waals surface area contributed by atoms with Gasteiger partial charge in [0.2, 0.25) is 0 Å². The molecule has 3 aromatic rings. The van der Waals surface area contributed by atoms with Gasteiger partial charge in [0.25, 0.3) is 0 Å². The van der Waals surface area contributed by atoms with Crippen LogP contribution < -0.4 is 0 Å². The summed E-state index contributed by atoms with van der Waals surface area (Å²) in [5.74, 6) is -1.02. The molecule has 1 aromatic heterocycles. The lowest BCUT2D eigenvalue weighted by molar-refractivity contribution is 0.0687. The molecule has 0 saturated heterocycles. The Hall–Kier alpha value is -3.32. The van der Waals surface area contributed by atoms with Crippen LogP contribution in [0.4, 0.5) is 0 Å². The number of carbonyl (C=O) groups is 1. The highest BCUT2D eigenvalue weighted by Crippen LogP contribution is 2.33. The highest BCUT2D eigenvalue weighted by atomic mass is 16.4. The van der Waals surface area contributed by atoms with Crippen molar-refractivity contribution >= 4 is 5.97 Å². The first-order chi connectivity index (χ1) is 13.0. The summed E-state index contributed by atoms with van der Waals surface area (Å²) in [5, 5.41) is 19.3. The van der Waals surface area contributed by atoms with Gasteiger partial charge in [-0.15, -0.1) is 0 Å². The molecule has 136 valence electrons. The second kappa shape index (κ2) is 7.51. The summed E-state index contributed by atoms with van der Waals surface area (Å²) in [4.78, 5) is 11.8. The van der Waals surface area contributed by atoms with Crippen LogP contribution in [0.5, 0.6) is 0 Å². The lowest BCUT2D eigenvalue weighted by Crippen LogP contribution is -2.07. The molecular formula is C23H22N2O2. The van der Waals surface area contributed by atoms with Crippen molar-refractivity contribution in [2.24, 2.45) is 7.05 Å². The summed E-state index contributed by atoms with van der Waals surface area (Å²) in [6.07, 6.45) is 1.42. The average molecular weight is 358 g/mol. The number of hydrogen-bond donors (Lipinski definition) is 1. The highest BCUT2D eigenvalue weighted by molar-refractivity contribution is 5.97. The van der Waals surface area contributed by atoms with Crippen LogP contribution in [0.15, 0.2) is 48.5 Å². The van der Waals surface area contributed by atoms with Crippen molar-refractivity contribution in [3.8, 4) is 17.2 Å². The third kappa shape index (κ3) is 3.50. The summed E-state index contributed by atoms with van der Waals surface area (Å²) < 4.78 is 1.62. The van der Waals surface area contributed by atoms with Crippen molar-refractivity contribution in [2.75, 3.05) is 0 Å². The molecule has 0 radical (unpaired) electrons. The summed E-state index contributed by atoms with van der Waals surface area (Å²) in [6, 6.07) is 18.4. The maximum atomic E-state index is 11.8. The average Bonchev–Trinajstić information content (AvgIpc) is 2.94. The SMILES string of the molecule is CCc1c(C#N)c(-c2ccc(Cc3cccc(C)c3)cc2)c(C(=O)O)n1C. The first-order valence-corrected chi connectivity index (χ1v) is 8.96. The summed E-state index contributed by atoms with van der Waals surface area (Å²) in [6.45, 7) is 4.00. The Morgan fingerprint density at radius 3 is 2.41 bits per heavy atom. The van der Waals surface area contributed by atoms with Crippen molar-refractivity contribution in [3.05, 3.63) is 82.2 Å². The zero-order valence-corrected chi connectivity index (χ0v) is 15.8. The number of hydrogen-bond acceptors (Lipinski definition) is 2. The van der Waals surface area contributed by atoms with Crippen molar-refractivity contribution in [3.63, 3.8) is 0 Å². The molecule has 0 aliphatic carbocycles. The van der Waals surface area contributed by atoms with Gasteiger partial charge in [-0.25, -0.2) is 4.79 Å². The molecule has 0 aliphatic heterocycles. The third-order valence-electron chi connectivity index (χ3n) is 4.90. The second-order valence-electron chi connectivity index (χ2n) is 6.74. The van der Waals surface area contributed by atoms with Crippen molar-refractivity contribution in [1.82, 2.24) is 4.57 Å². The molecule has 27 heavy (non-hydrogen) atoms. The third-order valence-corrected chi connectivity index (χ3v) is 4.90. The Labute approximate surface area is 159 Å². The zero-order chi connectivity index (χ0) is 19.6. The Morgan fingerprint density at radius 1 is 1.15 bits per heavy atom. The molecule has 4 heteroatoms. The van der Waals surface area contributed by atoms with Crippen LogP contribution in [0.3, 0.4) is 0 Å². The number of benzene rings is 2. The minimum absolute atomic E-state index is 0.162. The van der Waals surface area contributed by atoms with Crippen LogP contribution in [-0.2, 0) is 19.9 Å². The normalized spacial score (nSPS) is 10.6. The van der Waals surface area contributed by atoms with Gasteiger partial charge in [-0.05, 0) is 36.5 Å². The molecule has 1 N–H and O–H groups in total. The van der Waals surface area contributed by atoms with E-state index in [9.17, 15) is 15.2 Å². The summed E-state index contributed by atoms with van der Waals surface area (Å²) >= 11 is 0. The van der Waals surface area contributed by atoms with Crippen molar-refractivity contribution in [2.45, 2.75) is 26.7 Å². The van der Waals surface area contributed by atoms with E-state index in [-0.39, 0.29) is 5.69 Å². The summed E-state index contributed by atoms with van der Waals surface area (Å²) in [5.41, 5.74) is 6.22. The maximum absolute atomic E-state index is 11.8. The molecule has 3 rings (SSSR count). The van der Waals surface area contributed by atoms with Gasteiger partial charge in [0, 0.05) is 18.3 Å². The Morgan fingerprint density at radius 2 is 1.85 bits per heavy atom. The van der Waals surface area contributed by atoms with Crippen LogP contribution in [0.1, 0.15) is 45.4 Å². The molecule has 0 aliphatic rings. The van der Waals surface area contributed by atoms with Gasteiger partial charge in [-0.3, -0.25) is 0 Å². The van der Waals surface area contributed by atoms with Crippen LogP contribution in [0.2, 0.25) is 0 Å². The van der Waals surface area contributed by atoms with Crippen molar-refractivity contribution < 1.29 is 9.90 Å². The number of carboxylic acids is 1. The van der Waals surface area contributed by atoms with Crippen LogP contribution >= 0.6 is 0 Å². The predicted octanol–water partition coefficient (Wildman–Crippen LogP) is 4.72. The van der Waals surface area contributed by atoms with Gasteiger partial charge in [-0.2, -0.15) is 5.26 Å². The van der Waals surface area contributed by atoms with Gasteiger partial charge in [-0.1, -0.05) is 61.0 Å². The summed E-state index contributed by atoms with van der Waals surface area (Å²) in [7, 11) is 1.71. The number of rotatable bonds is 5. The standard InChI is InChI=1S/C23H22N2O2/c1-4-20-19(14-24)21(22(23(26)27)25(20)3)18-10-8-16(9-11-18)13-17-7-5-6-15(2)12-17/h5-12H,4,13H2,1-3H3,(H,26,27). The predicted molar refractivity (Wildman–Crippen MR) is 106 cm³/mol. The molecule has 0 unspecified atom stereocenters. The fourth-order valence-electron chi connectivity index (χ4n) is 3.65. The zero-order valence-electron chi connectivity index (χ0n) is 15.8. The van der Waals surface area contributed by atoms with Gasteiger partial charge >= 0.3 is 5.97 Å². The van der Waals surface area contributed by atoms with E-state index in [4.69, 9.17) is 0 Å². The molecule has 0 bridgehead atoms. The Kier molecular flexibility index (Phi) is 5.14. The molecule has 0 amide bonds. The van der Waals surface area contributed by atoms with E-state index < -0.39 is 5.97 Å². The highest BCUT2D eigenvalue weighted by Gasteiger charge is 2.25. The first-order valence-electron chi connectivity index (χ1n) is 8.96. The van der Waals surface area contributed by atoms with Crippen molar-refractivity contribution in [1.29, 1.82) is 5.26 Å². The number of aryl methyl sites for hydroxylation is 1. The number of aromatic nitrogens is 1. The number of nitriles is 1. The molecule has 4 nitrogen and oxygen atoms in total. The van der Waals surface area contributed by atoms with Gasteiger partial charge in [0.1, 0.15) is 11.8 Å². The van der Waals surface area contributed by atoms with E-state index >= 15 is 0 Å². The minimum atomic E-state index is -1.02. The van der Waals surface area contributed by atoms with Crippen LogP contribution in [-0.4, -0.2) is 15.6 Å². The van der Waals surface area contributed by atoms with E-state index in [2.05, 4.69) is 31.2 Å². The topological polar surface area (TPSA) is 66.0 Å². The minimum Gasteiger partial charge on any atom is -0.477 e. The lowest BCUT2D eigenvalue weighted by Gasteiger charge is -2.07. The Bertz CT molecular complexity index is 1040. The fourth-order valence-corrected chi connectivity index (χ4v) is 3.65. The molecule has 2 aromatic carbocycles. The monoisotopic (exact) mass is 358 g/mol.